The molecule has 0 aromatic heterocycles. The molecule has 0 heterocycles. The molecular formula is C22H30O4. The number of hydrogen-bond acceptors (Lipinski definition) is 3. The largest absolute Gasteiger partial charge is 0.478 e. The van der Waals surface area contributed by atoms with Gasteiger partial charge in [0, 0.05) is 17.9 Å². The molecule has 0 spiro atoms. The Bertz CT molecular complexity index is 692. The summed E-state index contributed by atoms with van der Waals surface area (Å²) in [6.45, 7) is 4.49. The predicted molar refractivity (Wildman–Crippen MR) is 98.4 cm³/mol. The van der Waals surface area contributed by atoms with Crippen molar-refractivity contribution in [1.82, 2.24) is 0 Å². The Labute approximate surface area is 155 Å². The first-order valence-corrected chi connectivity index (χ1v) is 10.1. The third-order valence-corrected chi connectivity index (χ3v) is 8.36. The Morgan fingerprint density at radius 2 is 2.04 bits per heavy atom. The summed E-state index contributed by atoms with van der Waals surface area (Å²) in [7, 11) is 0. The van der Waals surface area contributed by atoms with Gasteiger partial charge in [-0.3, -0.25) is 4.79 Å². The van der Waals surface area contributed by atoms with E-state index in [-0.39, 0.29) is 11.2 Å². The van der Waals surface area contributed by atoms with Gasteiger partial charge in [0.2, 0.25) is 0 Å². The fourth-order valence-electron chi connectivity index (χ4n) is 7.12. The average Bonchev–Trinajstić information content (AvgIpc) is 2.84. The van der Waals surface area contributed by atoms with Crippen LogP contribution >= 0.6 is 0 Å². The quantitative estimate of drug-likeness (QED) is 0.737. The third-order valence-electron chi connectivity index (χ3n) is 8.36. The number of ketones is 1. The van der Waals surface area contributed by atoms with Crippen LogP contribution in [0.4, 0.5) is 0 Å². The molecule has 0 saturated heterocycles. The number of aliphatic hydroxyl groups is 1. The summed E-state index contributed by atoms with van der Waals surface area (Å²) in [5, 5.41) is 20.3. The Balaban J connectivity index is 1.66. The van der Waals surface area contributed by atoms with Crippen molar-refractivity contribution < 1.29 is 19.8 Å². The normalized spacial score (nSPS) is 47.9. The molecule has 3 saturated carbocycles. The van der Waals surface area contributed by atoms with E-state index in [1.807, 2.05) is 6.08 Å². The van der Waals surface area contributed by atoms with Crippen LogP contribution in [0.15, 0.2) is 23.8 Å². The Morgan fingerprint density at radius 1 is 1.27 bits per heavy atom. The zero-order valence-corrected chi connectivity index (χ0v) is 15.8. The Hall–Kier alpha value is -1.42. The van der Waals surface area contributed by atoms with Crippen molar-refractivity contribution in [3.8, 4) is 0 Å². The maximum Gasteiger partial charge on any atom is 0.328 e. The molecule has 0 unspecified atom stereocenters. The van der Waals surface area contributed by atoms with Gasteiger partial charge in [-0.15, -0.1) is 0 Å². The highest BCUT2D eigenvalue weighted by molar-refractivity contribution is 5.91. The van der Waals surface area contributed by atoms with E-state index >= 15 is 0 Å². The molecule has 0 aromatic carbocycles. The average molecular weight is 358 g/mol. The molecular weight excluding hydrogens is 328 g/mol. The minimum atomic E-state index is -1.01. The van der Waals surface area contributed by atoms with Crippen LogP contribution in [0.3, 0.4) is 0 Å². The second-order valence-electron chi connectivity index (χ2n) is 9.45. The number of rotatable bonds is 2. The van der Waals surface area contributed by atoms with Gasteiger partial charge in [0.1, 0.15) is 0 Å². The number of carbonyl (C=O) groups excluding carboxylic acids is 1. The summed E-state index contributed by atoms with van der Waals surface area (Å²) in [4.78, 5) is 22.9. The number of aliphatic carboxylic acids is 1. The van der Waals surface area contributed by atoms with Crippen LogP contribution in [-0.2, 0) is 9.59 Å². The van der Waals surface area contributed by atoms with Crippen LogP contribution in [0.5, 0.6) is 0 Å². The molecule has 0 amide bonds. The van der Waals surface area contributed by atoms with Gasteiger partial charge in [-0.1, -0.05) is 19.4 Å². The van der Waals surface area contributed by atoms with Crippen LogP contribution in [0.25, 0.3) is 0 Å². The van der Waals surface area contributed by atoms with Crippen LogP contribution < -0.4 is 0 Å². The fourth-order valence-corrected chi connectivity index (χ4v) is 7.12. The standard InChI is InChI=1S/C22H30O4/c1-13-11-14-12-15(23)3-4-16(14)17-5-8-21(2)18(20(13)17)6-9-22(21,26)10-7-19(24)25/h7,10,12-13,16-18,20,26H,3-6,8-9,11H2,1-2H3,(H,24,25)/b10-7-/t13-,16-,17+,18-,20+,21-,22+/m0/s1. The van der Waals surface area contributed by atoms with Crippen LogP contribution in [0.1, 0.15) is 58.8 Å². The first kappa shape index (κ1) is 18.0. The smallest absolute Gasteiger partial charge is 0.328 e. The van der Waals surface area contributed by atoms with Crippen molar-refractivity contribution in [3.05, 3.63) is 23.8 Å². The lowest BCUT2D eigenvalue weighted by atomic mass is 9.48. The predicted octanol–water partition coefficient (Wildman–Crippen LogP) is 3.75. The molecule has 142 valence electrons. The highest BCUT2D eigenvalue weighted by Gasteiger charge is 2.62. The van der Waals surface area contributed by atoms with Gasteiger partial charge in [0.05, 0.1) is 5.60 Å². The minimum Gasteiger partial charge on any atom is -0.478 e. The van der Waals surface area contributed by atoms with E-state index in [9.17, 15) is 14.7 Å². The lowest BCUT2D eigenvalue weighted by molar-refractivity contribution is -0.132. The zero-order chi connectivity index (χ0) is 18.7. The molecule has 0 aliphatic heterocycles. The fraction of sp³-hybridized carbons (Fsp3) is 0.727. The van der Waals surface area contributed by atoms with Crippen molar-refractivity contribution in [1.29, 1.82) is 0 Å². The summed E-state index contributed by atoms with van der Waals surface area (Å²) in [6.07, 6.45) is 10.9. The van der Waals surface area contributed by atoms with Gasteiger partial charge in [-0.25, -0.2) is 4.79 Å². The molecule has 0 bridgehead atoms. The number of fused-ring (bicyclic) bond motifs is 5. The second-order valence-corrected chi connectivity index (χ2v) is 9.45. The maximum atomic E-state index is 11.9. The highest BCUT2D eigenvalue weighted by Crippen LogP contribution is 2.66. The molecule has 4 rings (SSSR count). The minimum absolute atomic E-state index is 0.250. The van der Waals surface area contributed by atoms with Gasteiger partial charge in [0.15, 0.2) is 5.78 Å². The lowest BCUT2D eigenvalue weighted by Gasteiger charge is -2.57. The number of carboxylic acids is 1. The van der Waals surface area contributed by atoms with E-state index in [0.29, 0.717) is 42.4 Å². The number of carbonyl (C=O) groups is 2. The number of carboxylic acid groups (broad SMARTS) is 1. The van der Waals surface area contributed by atoms with Gasteiger partial charge >= 0.3 is 5.97 Å². The number of allylic oxidation sites excluding steroid dienone is 1. The molecule has 4 aliphatic rings. The van der Waals surface area contributed by atoms with E-state index in [0.717, 1.165) is 38.2 Å². The van der Waals surface area contributed by atoms with Crippen LogP contribution in [0.2, 0.25) is 0 Å². The molecule has 0 aromatic rings. The van der Waals surface area contributed by atoms with E-state index in [4.69, 9.17) is 5.11 Å². The summed E-state index contributed by atoms with van der Waals surface area (Å²) < 4.78 is 0. The van der Waals surface area contributed by atoms with Crippen molar-refractivity contribution in [2.24, 2.45) is 35.0 Å². The number of hydrogen-bond donors (Lipinski definition) is 2. The topological polar surface area (TPSA) is 74.6 Å². The molecule has 3 fully saturated rings. The van der Waals surface area contributed by atoms with Gasteiger partial charge < -0.3 is 10.2 Å². The Morgan fingerprint density at radius 3 is 2.77 bits per heavy atom. The molecule has 2 N–H and O–H groups in total. The van der Waals surface area contributed by atoms with Crippen LogP contribution in [0, 0.1) is 35.0 Å². The van der Waals surface area contributed by atoms with Crippen molar-refractivity contribution >= 4 is 11.8 Å². The van der Waals surface area contributed by atoms with Gasteiger partial charge in [0.25, 0.3) is 0 Å². The highest BCUT2D eigenvalue weighted by atomic mass is 16.4. The summed E-state index contributed by atoms with van der Waals surface area (Å²) in [5.41, 5.74) is 0.108. The lowest BCUT2D eigenvalue weighted by Crippen LogP contribution is -2.53. The SMILES string of the molecule is C[C@H]1CC2=CC(=O)CC[C@@H]2[C@H]2CC[C@@]3(C)[C@@H](CC[C@@]3(O)/C=C\C(=O)O)[C@@H]21. The Kier molecular flexibility index (Phi) is 4.18. The summed E-state index contributed by atoms with van der Waals surface area (Å²) >= 11 is 0. The van der Waals surface area contributed by atoms with E-state index in [1.54, 1.807) is 6.08 Å². The van der Waals surface area contributed by atoms with Crippen molar-refractivity contribution in [2.75, 3.05) is 0 Å². The molecule has 4 heteroatoms. The molecule has 4 nitrogen and oxygen atoms in total. The molecule has 0 radical (unpaired) electrons. The van der Waals surface area contributed by atoms with Crippen molar-refractivity contribution in [2.45, 2.75) is 64.4 Å². The van der Waals surface area contributed by atoms with E-state index in [2.05, 4.69) is 13.8 Å². The molecule has 26 heavy (non-hydrogen) atoms. The first-order valence-electron chi connectivity index (χ1n) is 10.1. The summed E-state index contributed by atoms with van der Waals surface area (Å²) in [6, 6.07) is 0. The van der Waals surface area contributed by atoms with Gasteiger partial charge in [-0.2, -0.15) is 0 Å². The molecule has 4 aliphatic carbocycles. The van der Waals surface area contributed by atoms with Crippen molar-refractivity contribution in [3.63, 3.8) is 0 Å². The molecule has 7 atom stereocenters. The maximum absolute atomic E-state index is 11.9. The summed E-state index contributed by atoms with van der Waals surface area (Å²) in [5.74, 6) is 1.96. The van der Waals surface area contributed by atoms with E-state index < -0.39 is 11.6 Å². The van der Waals surface area contributed by atoms with E-state index in [1.165, 1.54) is 5.57 Å². The monoisotopic (exact) mass is 358 g/mol. The first-order chi connectivity index (χ1) is 12.2. The third kappa shape index (κ3) is 2.52. The second kappa shape index (κ2) is 6.05. The zero-order valence-electron chi connectivity index (χ0n) is 15.8. The van der Waals surface area contributed by atoms with Crippen LogP contribution in [-0.4, -0.2) is 27.6 Å². The van der Waals surface area contributed by atoms with Gasteiger partial charge in [-0.05, 0) is 80.3 Å².